The highest BCUT2D eigenvalue weighted by atomic mass is 79.9. The average Bonchev–Trinajstić information content (AvgIpc) is 2.47. The van der Waals surface area contributed by atoms with Crippen LogP contribution in [0, 0.1) is 11.3 Å². The Bertz CT molecular complexity index is 615. The molecule has 0 aliphatic heterocycles. The number of hydrogen-bond donors (Lipinski definition) is 1. The first-order chi connectivity index (χ1) is 9.97. The summed E-state index contributed by atoms with van der Waals surface area (Å²) in [5.74, 6) is 0.262. The molecule has 1 heterocycles. The van der Waals surface area contributed by atoms with Gasteiger partial charge in [0.1, 0.15) is 10.7 Å². The Hall–Kier alpha value is -1.21. The van der Waals surface area contributed by atoms with Gasteiger partial charge in [-0.2, -0.15) is 9.57 Å². The molecule has 0 unspecified atom stereocenters. The molecular weight excluding hydrogens is 360 g/mol. The van der Waals surface area contributed by atoms with Crippen LogP contribution >= 0.6 is 15.9 Å². The second-order valence-electron chi connectivity index (χ2n) is 4.06. The Labute approximate surface area is 133 Å². The van der Waals surface area contributed by atoms with Gasteiger partial charge in [0.25, 0.3) is 0 Å². The van der Waals surface area contributed by atoms with E-state index in [1.807, 2.05) is 6.07 Å². The van der Waals surface area contributed by atoms with E-state index in [-0.39, 0.29) is 36.8 Å². The van der Waals surface area contributed by atoms with Gasteiger partial charge in [0.15, 0.2) is 0 Å². The van der Waals surface area contributed by atoms with Crippen LogP contribution in [0.1, 0.15) is 6.42 Å². The summed E-state index contributed by atoms with van der Waals surface area (Å²) in [6.07, 6.45) is 1.62. The number of aromatic nitrogens is 1. The molecule has 9 heteroatoms. The van der Waals surface area contributed by atoms with Crippen molar-refractivity contribution in [2.45, 2.75) is 11.3 Å². The van der Waals surface area contributed by atoms with Gasteiger partial charge in [-0.15, -0.1) is 0 Å². The lowest BCUT2D eigenvalue weighted by molar-refractivity contribution is 0.179. The van der Waals surface area contributed by atoms with Gasteiger partial charge in [-0.05, 0) is 22.0 Å². The Kier molecular flexibility index (Phi) is 7.04. The number of rotatable bonds is 8. The predicted molar refractivity (Wildman–Crippen MR) is 82.3 cm³/mol. The second-order valence-corrected chi connectivity index (χ2v) is 6.88. The fourth-order valence-corrected chi connectivity index (χ4v) is 3.75. The Balaban J connectivity index is 3.21. The van der Waals surface area contributed by atoms with E-state index in [0.29, 0.717) is 4.47 Å². The van der Waals surface area contributed by atoms with Crippen LogP contribution in [0.2, 0.25) is 0 Å². The minimum Gasteiger partial charge on any atom is -0.383 e. The first kappa shape index (κ1) is 17.8. The van der Waals surface area contributed by atoms with E-state index < -0.39 is 10.0 Å². The molecule has 1 N–H and O–H groups in total. The van der Waals surface area contributed by atoms with Crippen LogP contribution in [-0.4, -0.2) is 51.6 Å². The van der Waals surface area contributed by atoms with Crippen LogP contribution in [0.4, 0.5) is 5.82 Å². The SMILES string of the molecule is CNc1ncc(Br)cc1S(=O)(=O)N(CCC#N)CCOC. The van der Waals surface area contributed by atoms with Crippen molar-refractivity contribution in [2.24, 2.45) is 0 Å². The van der Waals surface area contributed by atoms with Crippen molar-refractivity contribution < 1.29 is 13.2 Å². The number of pyridine rings is 1. The lowest BCUT2D eigenvalue weighted by Crippen LogP contribution is -2.35. The van der Waals surface area contributed by atoms with Crippen LogP contribution in [-0.2, 0) is 14.8 Å². The van der Waals surface area contributed by atoms with Crippen LogP contribution in [0.5, 0.6) is 0 Å². The summed E-state index contributed by atoms with van der Waals surface area (Å²) >= 11 is 3.22. The first-order valence-corrected chi connectivity index (χ1v) is 8.40. The van der Waals surface area contributed by atoms with Crippen molar-refractivity contribution >= 4 is 31.8 Å². The molecule has 7 nitrogen and oxygen atoms in total. The van der Waals surface area contributed by atoms with Crippen molar-refractivity contribution in [3.8, 4) is 6.07 Å². The number of ether oxygens (including phenoxy) is 1. The monoisotopic (exact) mass is 376 g/mol. The van der Waals surface area contributed by atoms with Crippen LogP contribution in [0.25, 0.3) is 0 Å². The molecule has 0 aromatic carbocycles. The van der Waals surface area contributed by atoms with Crippen molar-refractivity contribution in [3.05, 3.63) is 16.7 Å². The van der Waals surface area contributed by atoms with Gasteiger partial charge in [-0.3, -0.25) is 0 Å². The number of methoxy groups -OCH3 is 1. The quantitative estimate of drug-likeness (QED) is 0.737. The topological polar surface area (TPSA) is 95.3 Å². The molecule has 0 fully saturated rings. The van der Waals surface area contributed by atoms with E-state index in [2.05, 4.69) is 26.2 Å². The third-order valence-corrected chi connectivity index (χ3v) is 5.04. The number of sulfonamides is 1. The maximum Gasteiger partial charge on any atom is 0.246 e. The maximum atomic E-state index is 12.7. The predicted octanol–water partition coefficient (Wildman–Crippen LogP) is 1.44. The number of halogens is 1. The number of nitriles is 1. The molecule has 0 atom stereocenters. The molecule has 0 aliphatic rings. The summed E-state index contributed by atoms with van der Waals surface area (Å²) in [5.41, 5.74) is 0. The highest BCUT2D eigenvalue weighted by Crippen LogP contribution is 2.25. The number of nitrogens with one attached hydrogen (secondary N) is 1. The fraction of sp³-hybridized carbons (Fsp3) is 0.500. The summed E-state index contributed by atoms with van der Waals surface area (Å²) in [7, 11) is -0.668. The molecule has 1 rings (SSSR count). The zero-order valence-corrected chi connectivity index (χ0v) is 14.2. The minimum absolute atomic E-state index is 0.0633. The van der Waals surface area contributed by atoms with Crippen LogP contribution < -0.4 is 5.32 Å². The van der Waals surface area contributed by atoms with E-state index in [1.165, 1.54) is 23.7 Å². The summed E-state index contributed by atoms with van der Waals surface area (Å²) in [6.45, 7) is 0.537. The van der Waals surface area contributed by atoms with E-state index in [0.717, 1.165) is 0 Å². The van der Waals surface area contributed by atoms with Crippen LogP contribution in [0.3, 0.4) is 0 Å². The number of nitrogens with zero attached hydrogens (tertiary/aromatic N) is 3. The van der Waals surface area contributed by atoms with Gasteiger partial charge >= 0.3 is 0 Å². The molecule has 0 aliphatic carbocycles. The summed E-state index contributed by atoms with van der Waals surface area (Å²) < 4.78 is 32.2. The normalized spacial score (nSPS) is 11.4. The molecule has 0 saturated carbocycles. The highest BCUT2D eigenvalue weighted by molar-refractivity contribution is 9.10. The minimum atomic E-state index is -3.76. The summed E-state index contributed by atoms with van der Waals surface area (Å²) in [6, 6.07) is 3.44. The van der Waals surface area contributed by atoms with Crippen molar-refractivity contribution in [3.63, 3.8) is 0 Å². The molecule has 21 heavy (non-hydrogen) atoms. The van der Waals surface area contributed by atoms with Gasteiger partial charge in [0.05, 0.1) is 12.7 Å². The van der Waals surface area contributed by atoms with Gasteiger partial charge in [0.2, 0.25) is 10.0 Å². The molecular formula is C12H17BrN4O3S. The lowest BCUT2D eigenvalue weighted by Gasteiger charge is -2.22. The molecule has 116 valence electrons. The third-order valence-electron chi connectivity index (χ3n) is 2.69. The highest BCUT2D eigenvalue weighted by Gasteiger charge is 2.27. The number of anilines is 1. The molecule has 0 radical (unpaired) electrons. The van der Waals surface area contributed by atoms with E-state index in [4.69, 9.17) is 10.00 Å². The zero-order chi connectivity index (χ0) is 15.9. The molecule has 0 spiro atoms. The van der Waals surface area contributed by atoms with E-state index >= 15 is 0 Å². The van der Waals surface area contributed by atoms with Gasteiger partial charge in [-0.25, -0.2) is 13.4 Å². The Morgan fingerprint density at radius 3 is 2.81 bits per heavy atom. The summed E-state index contributed by atoms with van der Waals surface area (Å²) in [5, 5.41) is 11.4. The summed E-state index contributed by atoms with van der Waals surface area (Å²) in [4.78, 5) is 4.11. The maximum absolute atomic E-state index is 12.7. The molecule has 0 bridgehead atoms. The van der Waals surface area contributed by atoms with Crippen molar-refractivity contribution in [2.75, 3.05) is 39.2 Å². The van der Waals surface area contributed by atoms with Gasteiger partial charge in [-0.1, -0.05) is 0 Å². The van der Waals surface area contributed by atoms with Crippen molar-refractivity contribution in [1.29, 1.82) is 5.26 Å². The first-order valence-electron chi connectivity index (χ1n) is 6.16. The number of hydrogen-bond acceptors (Lipinski definition) is 6. The van der Waals surface area contributed by atoms with E-state index in [1.54, 1.807) is 7.05 Å². The molecule has 0 saturated heterocycles. The lowest BCUT2D eigenvalue weighted by atomic mass is 10.4. The third kappa shape index (κ3) is 4.64. The fourth-order valence-electron chi connectivity index (χ4n) is 1.66. The standard InChI is InChI=1S/C12H17BrN4O3S/c1-15-12-11(8-10(13)9-16-12)21(18,19)17(5-3-4-14)6-7-20-2/h8-9H,3,5-7H2,1-2H3,(H,15,16). The second kappa shape index (κ2) is 8.29. The average molecular weight is 377 g/mol. The smallest absolute Gasteiger partial charge is 0.246 e. The molecule has 1 aromatic rings. The Morgan fingerprint density at radius 2 is 2.24 bits per heavy atom. The van der Waals surface area contributed by atoms with E-state index in [9.17, 15) is 8.42 Å². The van der Waals surface area contributed by atoms with Gasteiger partial charge in [0, 0.05) is 44.3 Å². The zero-order valence-electron chi connectivity index (χ0n) is 11.8. The van der Waals surface area contributed by atoms with Crippen molar-refractivity contribution in [1.82, 2.24) is 9.29 Å². The largest absolute Gasteiger partial charge is 0.383 e. The molecule has 1 aromatic heterocycles. The van der Waals surface area contributed by atoms with Gasteiger partial charge < -0.3 is 10.1 Å². The van der Waals surface area contributed by atoms with Crippen LogP contribution in [0.15, 0.2) is 21.6 Å². The molecule has 0 amide bonds. The Morgan fingerprint density at radius 1 is 1.52 bits per heavy atom.